The normalized spacial score (nSPS) is 18.9. The average Bonchev–Trinajstić information content (AvgIpc) is 2.64. The van der Waals surface area contributed by atoms with Crippen molar-refractivity contribution in [1.29, 1.82) is 0 Å². The molecule has 1 aliphatic heterocycles. The van der Waals surface area contributed by atoms with E-state index in [9.17, 15) is 9.18 Å². The van der Waals surface area contributed by atoms with Crippen LogP contribution < -0.4 is 5.73 Å². The van der Waals surface area contributed by atoms with Crippen LogP contribution in [0.4, 0.5) is 9.18 Å². The lowest BCUT2D eigenvalue weighted by atomic mass is 10.0. The van der Waals surface area contributed by atoms with Gasteiger partial charge in [-0.05, 0) is 18.2 Å². The molecule has 2 amide bonds. The second-order valence-electron chi connectivity index (χ2n) is 4.07. The fraction of sp³-hybridized carbons (Fsp3) is 0.333. The molecule has 1 aromatic carbocycles. The standard InChI is InChI=1S/C12H13ClFN3O2/c1-19-5-4-17-10(11(15)16-12(17)18)8-6-7(13)2-3-9(8)14/h2-3,6,10H,4-5H2,1H3,(H2,15,16,18). The number of aliphatic imine (C=N–C) groups is 1. The highest BCUT2D eigenvalue weighted by Crippen LogP contribution is 2.30. The second-order valence-corrected chi connectivity index (χ2v) is 4.51. The summed E-state index contributed by atoms with van der Waals surface area (Å²) in [5.41, 5.74) is 5.95. The first-order chi connectivity index (χ1) is 9.04. The second kappa shape index (κ2) is 5.54. The summed E-state index contributed by atoms with van der Waals surface area (Å²) < 4.78 is 18.8. The molecule has 2 rings (SSSR count). The zero-order valence-electron chi connectivity index (χ0n) is 10.3. The van der Waals surface area contributed by atoms with E-state index >= 15 is 0 Å². The van der Waals surface area contributed by atoms with Crippen LogP contribution in [0.3, 0.4) is 0 Å². The number of carbonyl (C=O) groups is 1. The van der Waals surface area contributed by atoms with Gasteiger partial charge in [-0.3, -0.25) is 0 Å². The fourth-order valence-electron chi connectivity index (χ4n) is 1.97. The van der Waals surface area contributed by atoms with Crippen LogP contribution in [0.2, 0.25) is 5.02 Å². The number of urea groups is 1. The first-order valence-electron chi connectivity index (χ1n) is 5.63. The van der Waals surface area contributed by atoms with E-state index in [1.165, 1.54) is 30.2 Å². The highest BCUT2D eigenvalue weighted by Gasteiger charge is 2.35. The number of rotatable bonds is 4. The Bertz CT molecular complexity index is 536. The van der Waals surface area contributed by atoms with Gasteiger partial charge < -0.3 is 15.4 Å². The lowest BCUT2D eigenvalue weighted by Gasteiger charge is -2.24. The molecule has 1 atom stereocenters. The third-order valence-electron chi connectivity index (χ3n) is 2.85. The molecular weight excluding hydrogens is 273 g/mol. The number of hydrogen-bond donors (Lipinski definition) is 1. The first kappa shape index (κ1) is 13.8. The minimum Gasteiger partial charge on any atom is -0.385 e. The van der Waals surface area contributed by atoms with E-state index in [-0.39, 0.29) is 17.9 Å². The van der Waals surface area contributed by atoms with Crippen molar-refractivity contribution in [2.24, 2.45) is 10.7 Å². The number of carbonyl (C=O) groups excluding carboxylic acids is 1. The third kappa shape index (κ3) is 2.69. The molecule has 1 unspecified atom stereocenters. The van der Waals surface area contributed by atoms with Gasteiger partial charge in [0.2, 0.25) is 0 Å². The van der Waals surface area contributed by atoms with Gasteiger partial charge >= 0.3 is 6.03 Å². The summed E-state index contributed by atoms with van der Waals surface area (Å²) >= 11 is 5.86. The predicted octanol–water partition coefficient (Wildman–Crippen LogP) is 1.96. The molecule has 102 valence electrons. The van der Waals surface area contributed by atoms with Gasteiger partial charge in [0.15, 0.2) is 0 Å². The molecule has 1 heterocycles. The van der Waals surface area contributed by atoms with Crippen LogP contribution in [0, 0.1) is 5.82 Å². The van der Waals surface area contributed by atoms with E-state index < -0.39 is 17.9 Å². The number of nitrogens with two attached hydrogens (primary N) is 1. The number of halogens is 2. The molecular formula is C12H13ClFN3O2. The van der Waals surface area contributed by atoms with E-state index in [2.05, 4.69) is 4.99 Å². The summed E-state index contributed by atoms with van der Waals surface area (Å²) in [7, 11) is 1.51. The first-order valence-corrected chi connectivity index (χ1v) is 6.01. The van der Waals surface area contributed by atoms with Crippen molar-refractivity contribution in [1.82, 2.24) is 4.90 Å². The number of hydrogen-bond acceptors (Lipinski definition) is 3. The van der Waals surface area contributed by atoms with Gasteiger partial charge in [-0.15, -0.1) is 0 Å². The lowest BCUT2D eigenvalue weighted by Crippen LogP contribution is -2.36. The maximum absolute atomic E-state index is 13.9. The highest BCUT2D eigenvalue weighted by atomic mass is 35.5. The number of nitrogens with zero attached hydrogens (tertiary/aromatic N) is 2. The molecule has 0 aliphatic carbocycles. The number of methoxy groups -OCH3 is 1. The molecule has 7 heteroatoms. The Kier molecular flexibility index (Phi) is 4.01. The summed E-state index contributed by atoms with van der Waals surface area (Å²) in [6.07, 6.45) is 0. The highest BCUT2D eigenvalue weighted by molar-refractivity contribution is 6.30. The molecule has 5 nitrogen and oxygen atoms in total. The number of amides is 2. The zero-order valence-corrected chi connectivity index (χ0v) is 11.0. The maximum Gasteiger partial charge on any atom is 0.346 e. The Balaban J connectivity index is 2.36. The monoisotopic (exact) mass is 285 g/mol. The quantitative estimate of drug-likeness (QED) is 0.919. The smallest absolute Gasteiger partial charge is 0.346 e. The van der Waals surface area contributed by atoms with E-state index in [0.29, 0.717) is 11.6 Å². The van der Waals surface area contributed by atoms with Crippen molar-refractivity contribution in [3.63, 3.8) is 0 Å². The molecule has 0 aromatic heterocycles. The van der Waals surface area contributed by atoms with Crippen molar-refractivity contribution in [3.8, 4) is 0 Å². The summed E-state index contributed by atoms with van der Waals surface area (Å²) in [4.78, 5) is 16.7. The SMILES string of the molecule is COCCN1C(=O)N=C(N)C1c1cc(Cl)ccc1F. The Hall–Kier alpha value is -1.66. The molecule has 19 heavy (non-hydrogen) atoms. The molecule has 0 saturated heterocycles. The molecule has 0 radical (unpaired) electrons. The number of ether oxygens (including phenoxy) is 1. The van der Waals surface area contributed by atoms with Gasteiger partial charge in [-0.1, -0.05) is 11.6 Å². The van der Waals surface area contributed by atoms with Crippen molar-refractivity contribution in [2.45, 2.75) is 6.04 Å². The van der Waals surface area contributed by atoms with Crippen molar-refractivity contribution in [2.75, 3.05) is 20.3 Å². The van der Waals surface area contributed by atoms with E-state index in [0.717, 1.165) is 0 Å². The predicted molar refractivity (Wildman–Crippen MR) is 69.8 cm³/mol. The average molecular weight is 286 g/mol. The van der Waals surface area contributed by atoms with Crippen LogP contribution in [-0.2, 0) is 4.74 Å². The summed E-state index contributed by atoms with van der Waals surface area (Å²) in [6, 6.07) is 2.88. The van der Waals surface area contributed by atoms with Crippen LogP contribution in [0.5, 0.6) is 0 Å². The fourth-order valence-corrected chi connectivity index (χ4v) is 2.15. The van der Waals surface area contributed by atoms with Crippen LogP contribution in [0.1, 0.15) is 11.6 Å². The number of amidine groups is 1. The van der Waals surface area contributed by atoms with Gasteiger partial charge in [0, 0.05) is 24.2 Å². The van der Waals surface area contributed by atoms with Crippen LogP contribution in [0.25, 0.3) is 0 Å². The Morgan fingerprint density at radius 3 is 3.00 bits per heavy atom. The van der Waals surface area contributed by atoms with Crippen molar-refractivity contribution < 1.29 is 13.9 Å². The summed E-state index contributed by atoms with van der Waals surface area (Å²) in [5.74, 6) is -0.424. The van der Waals surface area contributed by atoms with Gasteiger partial charge in [0.05, 0.1) is 6.61 Å². The van der Waals surface area contributed by atoms with Gasteiger partial charge in [0.1, 0.15) is 17.7 Å². The van der Waals surface area contributed by atoms with Crippen LogP contribution in [0.15, 0.2) is 23.2 Å². The summed E-state index contributed by atoms with van der Waals surface area (Å²) in [5, 5.41) is 0.371. The molecule has 0 bridgehead atoms. The minimum absolute atomic E-state index is 0.0577. The molecule has 0 fully saturated rings. The topological polar surface area (TPSA) is 67.9 Å². The van der Waals surface area contributed by atoms with Crippen LogP contribution in [-0.4, -0.2) is 37.0 Å². The molecule has 2 N–H and O–H groups in total. The molecule has 0 saturated carbocycles. The maximum atomic E-state index is 13.9. The lowest BCUT2D eigenvalue weighted by molar-refractivity contribution is 0.150. The van der Waals surface area contributed by atoms with Gasteiger partial charge in [-0.25, -0.2) is 9.18 Å². The molecule has 0 spiro atoms. The van der Waals surface area contributed by atoms with Gasteiger partial charge in [0.25, 0.3) is 0 Å². The third-order valence-corrected chi connectivity index (χ3v) is 3.09. The van der Waals surface area contributed by atoms with Gasteiger partial charge in [-0.2, -0.15) is 4.99 Å². The van der Waals surface area contributed by atoms with E-state index in [1.807, 2.05) is 0 Å². The Morgan fingerprint density at radius 2 is 2.32 bits per heavy atom. The van der Waals surface area contributed by atoms with E-state index in [1.54, 1.807) is 0 Å². The largest absolute Gasteiger partial charge is 0.385 e. The van der Waals surface area contributed by atoms with Crippen molar-refractivity contribution >= 4 is 23.5 Å². The Morgan fingerprint density at radius 1 is 1.58 bits per heavy atom. The van der Waals surface area contributed by atoms with Crippen LogP contribution >= 0.6 is 11.6 Å². The van der Waals surface area contributed by atoms with Crippen molar-refractivity contribution in [3.05, 3.63) is 34.6 Å². The molecule has 1 aliphatic rings. The van der Waals surface area contributed by atoms with E-state index in [4.69, 9.17) is 22.1 Å². The minimum atomic E-state index is -0.735. The molecule has 1 aromatic rings. The Labute approximate surface area is 114 Å². The number of benzene rings is 1. The summed E-state index contributed by atoms with van der Waals surface area (Å²) in [6.45, 7) is 0.587. The zero-order chi connectivity index (χ0) is 14.0.